The van der Waals surface area contributed by atoms with Crippen molar-refractivity contribution in [1.82, 2.24) is 5.01 Å². The second kappa shape index (κ2) is 5.33. The summed E-state index contributed by atoms with van der Waals surface area (Å²) in [5.41, 5.74) is 0.344. The highest BCUT2D eigenvalue weighted by Gasteiger charge is 2.22. The molecule has 1 aromatic rings. The summed E-state index contributed by atoms with van der Waals surface area (Å²) in [6.07, 6.45) is 1.48. The van der Waals surface area contributed by atoms with E-state index in [1.54, 1.807) is 6.07 Å². The lowest BCUT2D eigenvalue weighted by atomic mass is 10.1. The third kappa shape index (κ3) is 2.50. The Morgan fingerprint density at radius 2 is 1.95 bits per heavy atom. The highest BCUT2D eigenvalue weighted by atomic mass is 16.7. The average Bonchev–Trinajstić information content (AvgIpc) is 2.92. The number of morpholine rings is 1. The van der Waals surface area contributed by atoms with Gasteiger partial charge in [-0.15, -0.1) is 0 Å². The first-order valence-corrected chi connectivity index (χ1v) is 6.19. The van der Waals surface area contributed by atoms with Crippen LogP contribution in [0.5, 0.6) is 11.5 Å². The van der Waals surface area contributed by atoms with Gasteiger partial charge in [-0.3, -0.25) is 15.1 Å². The van der Waals surface area contributed by atoms with Crippen LogP contribution < -0.4 is 9.47 Å². The lowest BCUT2D eigenvalue weighted by Gasteiger charge is -2.23. The molecule has 2 aliphatic heterocycles. The molecular formula is C12H13N3O5. The number of hydrogen-bond donors (Lipinski definition) is 0. The summed E-state index contributed by atoms with van der Waals surface area (Å²) in [6.45, 7) is 2.65. The number of nitro groups is 1. The Hall–Kier alpha value is -2.35. The van der Waals surface area contributed by atoms with E-state index in [1.165, 1.54) is 12.3 Å². The Labute approximate surface area is 114 Å². The Morgan fingerprint density at radius 3 is 2.65 bits per heavy atom. The summed E-state index contributed by atoms with van der Waals surface area (Å²) in [5.74, 6) is 0.888. The SMILES string of the molecule is O=[N+]([O-])c1cc2c(cc1C=NN1CCOCC1)OCO2. The molecule has 3 rings (SSSR count). The zero-order valence-corrected chi connectivity index (χ0v) is 10.7. The van der Waals surface area contributed by atoms with Gasteiger partial charge in [-0.2, -0.15) is 5.10 Å². The first kappa shape index (κ1) is 12.7. The summed E-state index contributed by atoms with van der Waals surface area (Å²) in [6, 6.07) is 2.94. The molecule has 0 aromatic heterocycles. The molecule has 1 fully saturated rings. The van der Waals surface area contributed by atoms with Crippen molar-refractivity contribution in [2.24, 2.45) is 5.10 Å². The molecule has 0 saturated carbocycles. The fourth-order valence-corrected chi connectivity index (χ4v) is 2.02. The number of nitro benzene ring substituents is 1. The molecule has 8 nitrogen and oxygen atoms in total. The highest BCUT2D eigenvalue weighted by Crippen LogP contribution is 2.37. The van der Waals surface area contributed by atoms with Crippen LogP contribution in [0.25, 0.3) is 0 Å². The molecule has 0 N–H and O–H groups in total. The minimum Gasteiger partial charge on any atom is -0.454 e. The second-order valence-electron chi connectivity index (χ2n) is 4.33. The maximum atomic E-state index is 11.1. The Morgan fingerprint density at radius 1 is 1.25 bits per heavy atom. The number of nitrogens with zero attached hydrogens (tertiary/aromatic N) is 3. The van der Waals surface area contributed by atoms with Crippen molar-refractivity contribution in [1.29, 1.82) is 0 Å². The lowest BCUT2D eigenvalue weighted by Crippen LogP contribution is -2.32. The molecule has 0 radical (unpaired) electrons. The standard InChI is InChI=1S/C12H13N3O5/c16-15(17)10-6-12-11(19-8-20-12)5-9(10)7-13-14-1-3-18-4-2-14/h5-7H,1-4,8H2. The van der Waals surface area contributed by atoms with E-state index in [4.69, 9.17) is 14.2 Å². The van der Waals surface area contributed by atoms with Crippen molar-refractivity contribution in [3.63, 3.8) is 0 Å². The summed E-state index contributed by atoms with van der Waals surface area (Å²) < 4.78 is 15.6. The van der Waals surface area contributed by atoms with Gasteiger partial charge in [-0.1, -0.05) is 0 Å². The molecule has 20 heavy (non-hydrogen) atoms. The molecular weight excluding hydrogens is 266 g/mol. The fourth-order valence-electron chi connectivity index (χ4n) is 2.02. The quantitative estimate of drug-likeness (QED) is 0.466. The number of fused-ring (bicyclic) bond motifs is 1. The Balaban J connectivity index is 1.87. The molecule has 2 heterocycles. The van der Waals surface area contributed by atoms with Gasteiger partial charge in [0.1, 0.15) is 0 Å². The largest absolute Gasteiger partial charge is 0.454 e. The van der Waals surface area contributed by atoms with Gasteiger partial charge >= 0.3 is 0 Å². The van der Waals surface area contributed by atoms with Gasteiger partial charge in [0.05, 0.1) is 49.1 Å². The summed E-state index contributed by atoms with van der Waals surface area (Å²) in [7, 11) is 0. The van der Waals surface area contributed by atoms with Crippen LogP contribution >= 0.6 is 0 Å². The first-order valence-electron chi connectivity index (χ1n) is 6.19. The van der Waals surface area contributed by atoms with E-state index in [1.807, 2.05) is 5.01 Å². The van der Waals surface area contributed by atoms with Crippen LogP contribution in [0, 0.1) is 10.1 Å². The van der Waals surface area contributed by atoms with Crippen molar-refractivity contribution in [3.05, 3.63) is 27.8 Å². The monoisotopic (exact) mass is 279 g/mol. The molecule has 1 aromatic carbocycles. The zero-order valence-electron chi connectivity index (χ0n) is 10.7. The average molecular weight is 279 g/mol. The molecule has 0 amide bonds. The van der Waals surface area contributed by atoms with E-state index in [0.29, 0.717) is 43.4 Å². The normalized spacial score (nSPS) is 17.7. The summed E-state index contributed by atoms with van der Waals surface area (Å²) in [4.78, 5) is 10.6. The van der Waals surface area contributed by atoms with Crippen molar-refractivity contribution in [2.75, 3.05) is 33.1 Å². The molecule has 8 heteroatoms. The predicted octanol–water partition coefficient (Wildman–Crippen LogP) is 0.990. The van der Waals surface area contributed by atoms with E-state index in [9.17, 15) is 10.1 Å². The lowest BCUT2D eigenvalue weighted by molar-refractivity contribution is -0.385. The fraction of sp³-hybridized carbons (Fsp3) is 0.417. The summed E-state index contributed by atoms with van der Waals surface area (Å²) >= 11 is 0. The van der Waals surface area contributed by atoms with Crippen molar-refractivity contribution in [3.8, 4) is 11.5 Å². The molecule has 0 spiro atoms. The molecule has 0 aliphatic carbocycles. The van der Waals surface area contributed by atoms with Crippen molar-refractivity contribution >= 4 is 11.9 Å². The van der Waals surface area contributed by atoms with Crippen LogP contribution in [-0.2, 0) is 4.74 Å². The van der Waals surface area contributed by atoms with E-state index in [0.717, 1.165) is 0 Å². The van der Waals surface area contributed by atoms with Gasteiger partial charge in [-0.25, -0.2) is 0 Å². The van der Waals surface area contributed by atoms with E-state index < -0.39 is 4.92 Å². The third-order valence-electron chi connectivity index (χ3n) is 3.07. The van der Waals surface area contributed by atoms with Gasteiger partial charge in [-0.05, 0) is 6.07 Å². The molecule has 1 saturated heterocycles. The van der Waals surface area contributed by atoms with Gasteiger partial charge in [0, 0.05) is 0 Å². The smallest absolute Gasteiger partial charge is 0.282 e. The summed E-state index contributed by atoms with van der Waals surface area (Å²) in [5, 5.41) is 17.2. The maximum absolute atomic E-state index is 11.1. The maximum Gasteiger partial charge on any atom is 0.282 e. The number of hydrazone groups is 1. The first-order chi connectivity index (χ1) is 9.74. The van der Waals surface area contributed by atoms with Gasteiger partial charge in [0.2, 0.25) is 6.79 Å². The van der Waals surface area contributed by atoms with Gasteiger partial charge < -0.3 is 14.2 Å². The Kier molecular flexibility index (Phi) is 3.38. The van der Waals surface area contributed by atoms with Crippen LogP contribution in [0.4, 0.5) is 5.69 Å². The third-order valence-corrected chi connectivity index (χ3v) is 3.07. The zero-order chi connectivity index (χ0) is 13.9. The predicted molar refractivity (Wildman–Crippen MR) is 69.2 cm³/mol. The van der Waals surface area contributed by atoms with Crippen LogP contribution in [-0.4, -0.2) is 49.2 Å². The topological polar surface area (TPSA) is 86.4 Å². The van der Waals surface area contributed by atoms with Crippen LogP contribution in [0.3, 0.4) is 0 Å². The van der Waals surface area contributed by atoms with Gasteiger partial charge in [0.15, 0.2) is 11.5 Å². The van der Waals surface area contributed by atoms with Crippen molar-refractivity contribution < 1.29 is 19.1 Å². The number of ether oxygens (including phenoxy) is 3. The second-order valence-corrected chi connectivity index (χ2v) is 4.33. The van der Waals surface area contributed by atoms with Crippen molar-refractivity contribution in [2.45, 2.75) is 0 Å². The number of hydrogen-bond acceptors (Lipinski definition) is 7. The number of benzene rings is 1. The van der Waals surface area contributed by atoms with Crippen LogP contribution in [0.2, 0.25) is 0 Å². The van der Waals surface area contributed by atoms with E-state index in [2.05, 4.69) is 5.10 Å². The van der Waals surface area contributed by atoms with E-state index >= 15 is 0 Å². The minimum atomic E-state index is -0.456. The Bertz CT molecular complexity index is 554. The highest BCUT2D eigenvalue weighted by molar-refractivity contribution is 5.87. The van der Waals surface area contributed by atoms with E-state index in [-0.39, 0.29) is 12.5 Å². The minimum absolute atomic E-state index is 0.0498. The molecule has 0 unspecified atom stereocenters. The van der Waals surface area contributed by atoms with Crippen LogP contribution in [0.15, 0.2) is 17.2 Å². The molecule has 106 valence electrons. The molecule has 0 bridgehead atoms. The molecule has 0 atom stereocenters. The molecule has 2 aliphatic rings. The van der Waals surface area contributed by atoms with Gasteiger partial charge in [0.25, 0.3) is 5.69 Å². The number of rotatable bonds is 3. The van der Waals surface area contributed by atoms with Crippen LogP contribution in [0.1, 0.15) is 5.56 Å².